The third-order valence-electron chi connectivity index (χ3n) is 3.25. The maximum absolute atomic E-state index is 12.3. The van der Waals surface area contributed by atoms with E-state index in [1.54, 1.807) is 6.20 Å². The van der Waals surface area contributed by atoms with Crippen LogP contribution in [0.4, 0.5) is 0 Å². The summed E-state index contributed by atoms with van der Waals surface area (Å²) in [7, 11) is 0. The predicted octanol–water partition coefficient (Wildman–Crippen LogP) is 1.70. The van der Waals surface area contributed by atoms with Gasteiger partial charge in [0.05, 0.1) is 18.3 Å². The Labute approximate surface area is 108 Å². The van der Waals surface area contributed by atoms with Gasteiger partial charge in [-0.1, -0.05) is 19.4 Å². The molecule has 0 radical (unpaired) electrons. The lowest BCUT2D eigenvalue weighted by atomic mass is 10.1. The molecule has 0 aromatic carbocycles. The van der Waals surface area contributed by atoms with E-state index >= 15 is 0 Å². The van der Waals surface area contributed by atoms with Crippen LogP contribution in [0.5, 0.6) is 0 Å². The Balaban J connectivity index is 2.02. The van der Waals surface area contributed by atoms with Crippen molar-refractivity contribution < 1.29 is 4.79 Å². The molecule has 1 saturated carbocycles. The van der Waals surface area contributed by atoms with E-state index in [4.69, 9.17) is 5.73 Å². The van der Waals surface area contributed by atoms with Gasteiger partial charge in [0.25, 0.3) is 0 Å². The number of rotatable bonds is 6. The summed E-state index contributed by atoms with van der Waals surface area (Å²) in [6, 6.07) is 5.80. The molecule has 1 aliphatic carbocycles. The van der Waals surface area contributed by atoms with Gasteiger partial charge in [0.15, 0.2) is 0 Å². The summed E-state index contributed by atoms with van der Waals surface area (Å²) in [5, 5.41) is 0. The second-order valence-electron chi connectivity index (χ2n) is 4.91. The zero-order valence-corrected chi connectivity index (χ0v) is 10.9. The van der Waals surface area contributed by atoms with Crippen LogP contribution in [0.1, 0.15) is 38.3 Å². The molecule has 2 N–H and O–H groups in total. The average molecular weight is 247 g/mol. The number of carbonyl (C=O) groups excluding carboxylic acids is 1. The highest BCUT2D eigenvalue weighted by Gasteiger charge is 2.34. The monoisotopic (exact) mass is 247 g/mol. The molecular formula is C14H21N3O. The molecule has 0 aliphatic heterocycles. The first-order chi connectivity index (χ1) is 8.72. The number of amides is 1. The standard InChI is InChI=1S/C14H21N3O/c1-2-5-13(15)14(18)17(12-7-8-12)10-11-6-3-4-9-16-11/h3-4,6,9,12-13H,2,5,7-8,10,15H2,1H3/t13-/m1/s1. The molecule has 1 aromatic rings. The minimum Gasteiger partial charge on any atom is -0.332 e. The van der Waals surface area contributed by atoms with Gasteiger partial charge >= 0.3 is 0 Å². The van der Waals surface area contributed by atoms with Gasteiger partial charge in [-0.05, 0) is 31.4 Å². The quantitative estimate of drug-likeness (QED) is 0.832. The largest absolute Gasteiger partial charge is 0.332 e. The normalized spacial score (nSPS) is 16.3. The van der Waals surface area contributed by atoms with Crippen LogP contribution >= 0.6 is 0 Å². The number of pyridine rings is 1. The van der Waals surface area contributed by atoms with Crippen LogP contribution in [0.15, 0.2) is 24.4 Å². The predicted molar refractivity (Wildman–Crippen MR) is 70.7 cm³/mol. The van der Waals surface area contributed by atoms with Gasteiger partial charge in [0.2, 0.25) is 5.91 Å². The molecule has 18 heavy (non-hydrogen) atoms. The Hall–Kier alpha value is -1.42. The number of carbonyl (C=O) groups is 1. The summed E-state index contributed by atoms with van der Waals surface area (Å²) in [6.07, 6.45) is 5.64. The summed E-state index contributed by atoms with van der Waals surface area (Å²) < 4.78 is 0. The first-order valence-electron chi connectivity index (χ1n) is 6.68. The smallest absolute Gasteiger partial charge is 0.240 e. The second kappa shape index (κ2) is 5.96. The van der Waals surface area contributed by atoms with E-state index in [1.165, 1.54) is 0 Å². The van der Waals surface area contributed by atoms with Gasteiger partial charge in [0.1, 0.15) is 0 Å². The lowest BCUT2D eigenvalue weighted by Crippen LogP contribution is -2.44. The van der Waals surface area contributed by atoms with Crippen LogP contribution in [-0.4, -0.2) is 27.9 Å². The third-order valence-corrected chi connectivity index (χ3v) is 3.25. The van der Waals surface area contributed by atoms with Crippen molar-refractivity contribution in [3.63, 3.8) is 0 Å². The summed E-state index contributed by atoms with van der Waals surface area (Å²) in [4.78, 5) is 18.5. The van der Waals surface area contributed by atoms with Gasteiger partial charge in [-0.2, -0.15) is 0 Å². The van der Waals surface area contributed by atoms with Crippen LogP contribution in [0.25, 0.3) is 0 Å². The van der Waals surface area contributed by atoms with Gasteiger partial charge in [-0.25, -0.2) is 0 Å². The van der Waals surface area contributed by atoms with Gasteiger partial charge in [-0.3, -0.25) is 9.78 Å². The summed E-state index contributed by atoms with van der Waals surface area (Å²) >= 11 is 0. The Morgan fingerprint density at radius 3 is 2.89 bits per heavy atom. The number of nitrogens with two attached hydrogens (primary N) is 1. The van der Waals surface area contributed by atoms with Crippen LogP contribution in [0.2, 0.25) is 0 Å². The van der Waals surface area contributed by atoms with Crippen molar-refractivity contribution in [1.82, 2.24) is 9.88 Å². The molecule has 1 heterocycles. The SMILES string of the molecule is CCC[C@@H](N)C(=O)N(Cc1ccccn1)C1CC1. The van der Waals surface area contributed by atoms with E-state index < -0.39 is 0 Å². The van der Waals surface area contributed by atoms with Crippen molar-refractivity contribution >= 4 is 5.91 Å². The fourth-order valence-corrected chi connectivity index (χ4v) is 2.09. The Bertz CT molecular complexity index is 389. The van der Waals surface area contributed by atoms with Crippen LogP contribution in [0.3, 0.4) is 0 Å². The molecule has 0 spiro atoms. The summed E-state index contributed by atoms with van der Waals surface area (Å²) in [5.41, 5.74) is 6.87. The van der Waals surface area contributed by atoms with E-state index in [0.717, 1.165) is 31.4 Å². The molecular weight excluding hydrogens is 226 g/mol. The fourth-order valence-electron chi connectivity index (χ4n) is 2.09. The Morgan fingerprint density at radius 1 is 1.56 bits per heavy atom. The number of hydrogen-bond acceptors (Lipinski definition) is 3. The van der Waals surface area contributed by atoms with E-state index in [9.17, 15) is 4.79 Å². The van der Waals surface area contributed by atoms with Crippen LogP contribution in [0, 0.1) is 0 Å². The van der Waals surface area contributed by atoms with Gasteiger partial charge in [-0.15, -0.1) is 0 Å². The molecule has 98 valence electrons. The highest BCUT2D eigenvalue weighted by Crippen LogP contribution is 2.28. The molecule has 2 rings (SSSR count). The molecule has 1 amide bonds. The van der Waals surface area contributed by atoms with Crippen molar-refractivity contribution in [1.29, 1.82) is 0 Å². The molecule has 0 unspecified atom stereocenters. The molecule has 1 atom stereocenters. The minimum atomic E-state index is -0.362. The zero-order valence-electron chi connectivity index (χ0n) is 10.9. The van der Waals surface area contributed by atoms with E-state index in [2.05, 4.69) is 4.98 Å². The third kappa shape index (κ3) is 3.29. The number of nitrogens with zero attached hydrogens (tertiary/aromatic N) is 2. The van der Waals surface area contributed by atoms with Crippen LogP contribution < -0.4 is 5.73 Å². The Morgan fingerprint density at radius 2 is 2.33 bits per heavy atom. The highest BCUT2D eigenvalue weighted by atomic mass is 16.2. The van der Waals surface area contributed by atoms with E-state index in [1.807, 2.05) is 30.0 Å². The average Bonchev–Trinajstić information content (AvgIpc) is 3.21. The van der Waals surface area contributed by atoms with Gasteiger partial charge < -0.3 is 10.6 Å². The first-order valence-corrected chi connectivity index (χ1v) is 6.68. The molecule has 1 aliphatic rings. The first kappa shape index (κ1) is 13.0. The molecule has 0 bridgehead atoms. The molecule has 4 heteroatoms. The maximum atomic E-state index is 12.3. The molecule has 4 nitrogen and oxygen atoms in total. The number of hydrogen-bond donors (Lipinski definition) is 1. The lowest BCUT2D eigenvalue weighted by molar-refractivity contribution is -0.134. The van der Waals surface area contributed by atoms with Crippen molar-refractivity contribution in [2.24, 2.45) is 5.73 Å². The molecule has 0 saturated heterocycles. The van der Waals surface area contributed by atoms with Crippen molar-refractivity contribution in [2.45, 2.75) is 51.2 Å². The van der Waals surface area contributed by atoms with Crippen molar-refractivity contribution in [2.75, 3.05) is 0 Å². The minimum absolute atomic E-state index is 0.0741. The van der Waals surface area contributed by atoms with Crippen LogP contribution in [-0.2, 0) is 11.3 Å². The summed E-state index contributed by atoms with van der Waals surface area (Å²) in [5.74, 6) is 0.0741. The van der Waals surface area contributed by atoms with E-state index in [-0.39, 0.29) is 11.9 Å². The Kier molecular flexibility index (Phi) is 4.31. The van der Waals surface area contributed by atoms with E-state index in [0.29, 0.717) is 12.6 Å². The lowest BCUT2D eigenvalue weighted by Gasteiger charge is -2.25. The number of aromatic nitrogens is 1. The maximum Gasteiger partial charge on any atom is 0.240 e. The summed E-state index contributed by atoms with van der Waals surface area (Å²) in [6.45, 7) is 2.63. The van der Waals surface area contributed by atoms with Crippen molar-refractivity contribution in [3.8, 4) is 0 Å². The molecule has 1 fully saturated rings. The second-order valence-corrected chi connectivity index (χ2v) is 4.91. The molecule has 1 aromatic heterocycles. The zero-order chi connectivity index (χ0) is 13.0. The van der Waals surface area contributed by atoms with Crippen molar-refractivity contribution in [3.05, 3.63) is 30.1 Å². The highest BCUT2D eigenvalue weighted by molar-refractivity contribution is 5.82. The fraction of sp³-hybridized carbons (Fsp3) is 0.571. The topological polar surface area (TPSA) is 59.2 Å². The van der Waals surface area contributed by atoms with Gasteiger partial charge in [0, 0.05) is 12.2 Å².